The van der Waals surface area contributed by atoms with Crippen LogP contribution in [0.5, 0.6) is 0 Å². The summed E-state index contributed by atoms with van der Waals surface area (Å²) in [5.41, 5.74) is 12.2. The summed E-state index contributed by atoms with van der Waals surface area (Å²) in [4.78, 5) is 4.76. The molecule has 40 heavy (non-hydrogen) atoms. The second-order valence-electron chi connectivity index (χ2n) is 10.1. The van der Waals surface area contributed by atoms with Gasteiger partial charge in [0.05, 0.1) is 5.69 Å². The zero-order valence-corrected chi connectivity index (χ0v) is 22.2. The van der Waals surface area contributed by atoms with Crippen molar-refractivity contribution in [2.45, 2.75) is 6.92 Å². The Bertz CT molecular complexity index is 1940. The number of nitrogens with zero attached hydrogens (tertiary/aromatic N) is 1. The molecule has 2 aromatic heterocycles. The van der Waals surface area contributed by atoms with Crippen LogP contribution in [-0.2, 0) is 0 Å². The number of aryl methyl sites for hydroxylation is 1. The first-order chi connectivity index (χ1) is 19.7. The summed E-state index contributed by atoms with van der Waals surface area (Å²) in [5, 5.41) is 1.13. The number of aromatic nitrogens is 1. The summed E-state index contributed by atoms with van der Waals surface area (Å²) in [6.45, 7) is 2.14. The van der Waals surface area contributed by atoms with Gasteiger partial charge in [-0.1, -0.05) is 109 Å². The highest BCUT2D eigenvalue weighted by Crippen LogP contribution is 2.40. The van der Waals surface area contributed by atoms with Crippen LogP contribution in [0.4, 0.5) is 0 Å². The largest absolute Gasteiger partial charge is 0.456 e. The molecule has 190 valence electrons. The number of fused-ring (bicyclic) bond motifs is 1. The fraction of sp³-hybridized carbons (Fsp3) is 0.0263. The van der Waals surface area contributed by atoms with Gasteiger partial charge in [0.2, 0.25) is 0 Å². The maximum Gasteiger partial charge on any atom is 0.138 e. The molecule has 0 aliphatic rings. The van der Waals surface area contributed by atoms with E-state index in [1.807, 2.05) is 30.5 Å². The molecule has 0 aliphatic heterocycles. The van der Waals surface area contributed by atoms with Gasteiger partial charge in [-0.05, 0) is 70.6 Å². The molecule has 0 atom stereocenters. The van der Waals surface area contributed by atoms with E-state index in [0.29, 0.717) is 0 Å². The first kappa shape index (κ1) is 23.9. The lowest BCUT2D eigenvalue weighted by molar-refractivity contribution is 0.629. The van der Waals surface area contributed by atoms with Crippen molar-refractivity contribution in [1.82, 2.24) is 4.98 Å². The van der Waals surface area contributed by atoms with Gasteiger partial charge < -0.3 is 4.42 Å². The molecule has 0 amide bonds. The summed E-state index contributed by atoms with van der Waals surface area (Å²) < 4.78 is 6.33. The van der Waals surface area contributed by atoms with Crippen LogP contribution in [-0.4, -0.2) is 4.98 Å². The molecule has 2 heterocycles. The van der Waals surface area contributed by atoms with Crippen molar-refractivity contribution in [2.75, 3.05) is 0 Å². The molecule has 7 aromatic rings. The fourth-order valence-electron chi connectivity index (χ4n) is 5.46. The maximum absolute atomic E-state index is 6.33. The highest BCUT2D eigenvalue weighted by atomic mass is 16.3. The average Bonchev–Trinajstić information content (AvgIpc) is 3.37. The normalized spacial score (nSPS) is 11.1. The molecular weight excluding hydrogens is 486 g/mol. The molecule has 7 rings (SSSR count). The summed E-state index contributed by atoms with van der Waals surface area (Å²) in [7, 11) is 0. The summed E-state index contributed by atoms with van der Waals surface area (Å²) in [6, 6.07) is 48.8. The zero-order valence-electron chi connectivity index (χ0n) is 22.2. The third-order valence-electron chi connectivity index (χ3n) is 7.55. The topological polar surface area (TPSA) is 26.0 Å². The van der Waals surface area contributed by atoms with Gasteiger partial charge >= 0.3 is 0 Å². The number of hydrogen-bond acceptors (Lipinski definition) is 2. The Labute approximate surface area is 234 Å². The van der Waals surface area contributed by atoms with E-state index in [9.17, 15) is 0 Å². The summed E-state index contributed by atoms with van der Waals surface area (Å²) in [5.74, 6) is 0.923. The van der Waals surface area contributed by atoms with E-state index in [1.165, 1.54) is 22.3 Å². The van der Waals surface area contributed by atoms with Crippen molar-refractivity contribution in [2.24, 2.45) is 0 Å². The Morgan fingerprint density at radius 3 is 1.85 bits per heavy atom. The number of benzene rings is 5. The molecule has 0 spiro atoms. The van der Waals surface area contributed by atoms with Crippen LogP contribution in [0.1, 0.15) is 5.56 Å². The molecule has 0 saturated heterocycles. The number of rotatable bonds is 5. The number of pyridine rings is 1. The minimum atomic E-state index is 0.898. The Morgan fingerprint density at radius 2 is 1.12 bits per heavy atom. The first-order valence-electron chi connectivity index (χ1n) is 13.5. The molecule has 0 N–H and O–H groups in total. The Balaban J connectivity index is 1.38. The molecule has 0 radical (unpaired) electrons. The molecule has 0 fully saturated rings. The van der Waals surface area contributed by atoms with Crippen molar-refractivity contribution < 1.29 is 4.42 Å². The van der Waals surface area contributed by atoms with E-state index in [4.69, 9.17) is 9.40 Å². The second kappa shape index (κ2) is 10.2. The minimum absolute atomic E-state index is 0.898. The molecule has 2 nitrogen and oxygen atoms in total. The fourth-order valence-corrected chi connectivity index (χ4v) is 5.46. The predicted octanol–water partition coefficient (Wildman–Crippen LogP) is 10.5. The van der Waals surface area contributed by atoms with Gasteiger partial charge in [0.15, 0.2) is 0 Å². The SMILES string of the molecule is Cc1c(-c2ccccc2)oc2ccc(-c3cc(-c4cc(-c5ccccc5)ccn4)ccc3-c3ccccc3)cc12. The Morgan fingerprint density at radius 1 is 0.475 bits per heavy atom. The van der Waals surface area contributed by atoms with E-state index in [0.717, 1.165) is 50.2 Å². The monoisotopic (exact) mass is 513 g/mol. The molecule has 0 saturated carbocycles. The molecule has 0 unspecified atom stereocenters. The van der Waals surface area contributed by atoms with Gasteiger partial charge in [0, 0.05) is 28.3 Å². The van der Waals surface area contributed by atoms with Gasteiger partial charge in [0.25, 0.3) is 0 Å². The standard InChI is InChI=1S/C38H27NO/c1-26-34-23-31(18-20-37(34)40-38(26)29-15-9-4-10-16-29)35-24-32(17-19-33(35)28-13-7-3-8-14-28)36-25-30(21-22-39-36)27-11-5-2-6-12-27/h2-25H,1H3. The highest BCUT2D eigenvalue weighted by molar-refractivity contribution is 5.94. The lowest BCUT2D eigenvalue weighted by Crippen LogP contribution is -1.90. The maximum atomic E-state index is 6.33. The van der Waals surface area contributed by atoms with E-state index < -0.39 is 0 Å². The third kappa shape index (κ3) is 4.40. The van der Waals surface area contributed by atoms with Crippen molar-refractivity contribution in [3.8, 4) is 56.0 Å². The van der Waals surface area contributed by atoms with Gasteiger partial charge in [-0.3, -0.25) is 4.98 Å². The smallest absolute Gasteiger partial charge is 0.138 e. The van der Waals surface area contributed by atoms with Gasteiger partial charge in [-0.2, -0.15) is 0 Å². The minimum Gasteiger partial charge on any atom is -0.456 e. The van der Waals surface area contributed by atoms with E-state index in [-0.39, 0.29) is 0 Å². The van der Waals surface area contributed by atoms with Crippen LogP contribution in [0, 0.1) is 6.92 Å². The molecule has 0 aliphatic carbocycles. The van der Waals surface area contributed by atoms with E-state index in [1.54, 1.807) is 0 Å². The van der Waals surface area contributed by atoms with Crippen LogP contribution in [0.3, 0.4) is 0 Å². The quantitative estimate of drug-likeness (QED) is 0.229. The van der Waals surface area contributed by atoms with Crippen LogP contribution >= 0.6 is 0 Å². The predicted molar refractivity (Wildman–Crippen MR) is 166 cm³/mol. The molecule has 2 heteroatoms. The average molecular weight is 514 g/mol. The molecular formula is C38H27NO. The van der Waals surface area contributed by atoms with Crippen molar-refractivity contribution >= 4 is 11.0 Å². The first-order valence-corrected chi connectivity index (χ1v) is 13.5. The van der Waals surface area contributed by atoms with Gasteiger partial charge in [-0.25, -0.2) is 0 Å². The number of furan rings is 1. The van der Waals surface area contributed by atoms with Crippen molar-refractivity contribution in [3.05, 3.63) is 151 Å². The zero-order chi connectivity index (χ0) is 26.9. The second-order valence-corrected chi connectivity index (χ2v) is 10.1. The summed E-state index contributed by atoms with van der Waals surface area (Å²) in [6.07, 6.45) is 1.90. The highest BCUT2D eigenvalue weighted by Gasteiger charge is 2.16. The van der Waals surface area contributed by atoms with Gasteiger partial charge in [-0.15, -0.1) is 0 Å². The van der Waals surface area contributed by atoms with Crippen molar-refractivity contribution in [1.29, 1.82) is 0 Å². The van der Waals surface area contributed by atoms with E-state index in [2.05, 4.69) is 122 Å². The molecule has 5 aromatic carbocycles. The van der Waals surface area contributed by atoms with Gasteiger partial charge in [0.1, 0.15) is 11.3 Å². The molecule has 0 bridgehead atoms. The van der Waals surface area contributed by atoms with Crippen LogP contribution in [0.15, 0.2) is 150 Å². The van der Waals surface area contributed by atoms with Crippen LogP contribution in [0.25, 0.3) is 66.9 Å². The summed E-state index contributed by atoms with van der Waals surface area (Å²) >= 11 is 0. The Hall–Kier alpha value is -5.21. The van der Waals surface area contributed by atoms with Crippen molar-refractivity contribution in [3.63, 3.8) is 0 Å². The van der Waals surface area contributed by atoms with E-state index >= 15 is 0 Å². The number of hydrogen-bond donors (Lipinski definition) is 0. The van der Waals surface area contributed by atoms with Crippen LogP contribution < -0.4 is 0 Å². The lowest BCUT2D eigenvalue weighted by atomic mass is 9.91. The lowest BCUT2D eigenvalue weighted by Gasteiger charge is -2.14. The third-order valence-corrected chi connectivity index (χ3v) is 7.55. The van der Waals surface area contributed by atoms with Crippen LogP contribution in [0.2, 0.25) is 0 Å². The Kier molecular flexibility index (Phi) is 6.07.